The number of rotatable bonds is 4. The molecule has 0 aliphatic carbocycles. The molecule has 0 spiro atoms. The quantitative estimate of drug-likeness (QED) is 0.761. The SMILES string of the molecule is CCc1[nH]c(-c2ccc(C)cc2)nc1-c1ccccc1OC. The van der Waals surface area contributed by atoms with Gasteiger partial charge in [0.1, 0.15) is 11.6 Å². The van der Waals surface area contributed by atoms with Gasteiger partial charge in [-0.1, -0.05) is 48.9 Å². The number of hydrogen-bond donors (Lipinski definition) is 1. The normalized spacial score (nSPS) is 10.7. The van der Waals surface area contributed by atoms with Crippen molar-refractivity contribution in [3.8, 4) is 28.4 Å². The highest BCUT2D eigenvalue weighted by Crippen LogP contribution is 2.32. The highest BCUT2D eigenvalue weighted by atomic mass is 16.5. The number of nitrogens with zero attached hydrogens (tertiary/aromatic N) is 1. The Morgan fingerprint density at radius 2 is 1.77 bits per heavy atom. The van der Waals surface area contributed by atoms with Crippen LogP contribution in [0.2, 0.25) is 0 Å². The standard InChI is InChI=1S/C19H20N2O/c1-4-16-18(15-7-5-6-8-17(15)22-3)21-19(20-16)14-11-9-13(2)10-12-14/h5-12H,4H2,1-3H3,(H,20,21). The second-order valence-electron chi connectivity index (χ2n) is 5.33. The van der Waals surface area contributed by atoms with Crippen LogP contribution in [-0.4, -0.2) is 17.1 Å². The Labute approximate surface area is 131 Å². The maximum atomic E-state index is 5.48. The van der Waals surface area contributed by atoms with E-state index >= 15 is 0 Å². The third-order valence-electron chi connectivity index (χ3n) is 3.82. The van der Waals surface area contributed by atoms with Gasteiger partial charge in [-0.2, -0.15) is 0 Å². The van der Waals surface area contributed by atoms with Gasteiger partial charge in [0.15, 0.2) is 0 Å². The number of hydrogen-bond acceptors (Lipinski definition) is 2. The molecule has 3 rings (SSSR count). The number of H-pyrrole nitrogens is 1. The molecule has 3 aromatic rings. The molecule has 0 saturated carbocycles. The number of nitrogens with one attached hydrogen (secondary N) is 1. The maximum absolute atomic E-state index is 5.48. The Hall–Kier alpha value is -2.55. The van der Waals surface area contributed by atoms with Crippen LogP contribution in [-0.2, 0) is 6.42 Å². The third kappa shape index (κ3) is 2.62. The molecule has 2 aromatic carbocycles. The fourth-order valence-electron chi connectivity index (χ4n) is 2.58. The summed E-state index contributed by atoms with van der Waals surface area (Å²) in [5.41, 5.74) is 5.46. The summed E-state index contributed by atoms with van der Waals surface area (Å²) in [4.78, 5) is 8.27. The predicted molar refractivity (Wildman–Crippen MR) is 90.1 cm³/mol. The van der Waals surface area contributed by atoms with Crippen LogP contribution in [0.1, 0.15) is 18.2 Å². The third-order valence-corrected chi connectivity index (χ3v) is 3.82. The number of aromatic amines is 1. The molecule has 0 radical (unpaired) electrons. The van der Waals surface area contributed by atoms with E-state index in [0.717, 1.165) is 40.5 Å². The predicted octanol–water partition coefficient (Wildman–Crippen LogP) is 4.62. The second kappa shape index (κ2) is 6.06. The molecule has 112 valence electrons. The van der Waals surface area contributed by atoms with Gasteiger partial charge in [0.2, 0.25) is 0 Å². The summed E-state index contributed by atoms with van der Waals surface area (Å²) in [5.74, 6) is 1.75. The van der Waals surface area contributed by atoms with Crippen LogP contribution in [0.5, 0.6) is 5.75 Å². The summed E-state index contributed by atoms with van der Waals surface area (Å²) in [6.07, 6.45) is 0.895. The van der Waals surface area contributed by atoms with Crippen molar-refractivity contribution in [2.24, 2.45) is 0 Å². The van der Waals surface area contributed by atoms with Gasteiger partial charge in [0, 0.05) is 16.8 Å². The summed E-state index contributed by atoms with van der Waals surface area (Å²) in [5, 5.41) is 0. The van der Waals surface area contributed by atoms with Crippen molar-refractivity contribution < 1.29 is 4.74 Å². The Bertz CT molecular complexity index is 772. The van der Waals surface area contributed by atoms with E-state index in [9.17, 15) is 0 Å². The van der Waals surface area contributed by atoms with Crippen LogP contribution in [0.3, 0.4) is 0 Å². The van der Waals surface area contributed by atoms with Crippen molar-refractivity contribution in [1.29, 1.82) is 0 Å². The molecule has 0 unspecified atom stereocenters. The first-order chi connectivity index (χ1) is 10.7. The highest BCUT2D eigenvalue weighted by molar-refractivity contribution is 5.72. The Morgan fingerprint density at radius 1 is 1.05 bits per heavy atom. The van der Waals surface area contributed by atoms with Crippen LogP contribution in [0.25, 0.3) is 22.6 Å². The molecule has 1 N–H and O–H groups in total. The van der Waals surface area contributed by atoms with Crippen molar-refractivity contribution >= 4 is 0 Å². The number of para-hydroxylation sites is 1. The molecule has 0 amide bonds. The minimum Gasteiger partial charge on any atom is -0.496 e. The smallest absolute Gasteiger partial charge is 0.138 e. The lowest BCUT2D eigenvalue weighted by Gasteiger charge is -2.06. The summed E-state index contributed by atoms with van der Waals surface area (Å²) in [6, 6.07) is 16.4. The molecule has 0 atom stereocenters. The van der Waals surface area contributed by atoms with E-state index in [-0.39, 0.29) is 0 Å². The molecule has 22 heavy (non-hydrogen) atoms. The van der Waals surface area contributed by atoms with Crippen molar-refractivity contribution in [2.45, 2.75) is 20.3 Å². The zero-order valence-corrected chi connectivity index (χ0v) is 13.2. The summed E-state index contributed by atoms with van der Waals surface area (Å²) >= 11 is 0. The van der Waals surface area contributed by atoms with Crippen molar-refractivity contribution in [3.63, 3.8) is 0 Å². The first-order valence-electron chi connectivity index (χ1n) is 7.52. The minimum atomic E-state index is 0.846. The van der Waals surface area contributed by atoms with Gasteiger partial charge in [-0.25, -0.2) is 4.98 Å². The monoisotopic (exact) mass is 292 g/mol. The van der Waals surface area contributed by atoms with Crippen LogP contribution in [0.15, 0.2) is 48.5 Å². The zero-order valence-electron chi connectivity index (χ0n) is 13.2. The first-order valence-corrected chi connectivity index (χ1v) is 7.52. The van der Waals surface area contributed by atoms with Gasteiger partial charge < -0.3 is 9.72 Å². The number of aromatic nitrogens is 2. The summed E-state index contributed by atoms with van der Waals surface area (Å²) in [6.45, 7) is 4.22. The van der Waals surface area contributed by atoms with Gasteiger partial charge in [0.05, 0.1) is 12.8 Å². The number of imidazole rings is 1. The lowest BCUT2D eigenvalue weighted by molar-refractivity contribution is 0.416. The number of benzene rings is 2. The van der Waals surface area contributed by atoms with E-state index in [0.29, 0.717) is 0 Å². The van der Waals surface area contributed by atoms with Crippen LogP contribution in [0.4, 0.5) is 0 Å². The second-order valence-corrected chi connectivity index (χ2v) is 5.33. The van der Waals surface area contributed by atoms with Crippen LogP contribution in [0, 0.1) is 6.92 Å². The number of ether oxygens (including phenoxy) is 1. The molecule has 1 aromatic heterocycles. The molecule has 0 bridgehead atoms. The Kier molecular flexibility index (Phi) is 3.96. The molecule has 3 heteroatoms. The fourth-order valence-corrected chi connectivity index (χ4v) is 2.58. The van der Waals surface area contributed by atoms with Gasteiger partial charge in [-0.15, -0.1) is 0 Å². The average molecular weight is 292 g/mol. The minimum absolute atomic E-state index is 0.846. The van der Waals surface area contributed by atoms with E-state index in [4.69, 9.17) is 9.72 Å². The van der Waals surface area contributed by atoms with Crippen LogP contribution < -0.4 is 4.74 Å². The van der Waals surface area contributed by atoms with Gasteiger partial charge in [-0.3, -0.25) is 0 Å². The van der Waals surface area contributed by atoms with E-state index in [1.54, 1.807) is 7.11 Å². The Balaban J connectivity index is 2.11. The van der Waals surface area contributed by atoms with E-state index < -0.39 is 0 Å². The molecule has 3 nitrogen and oxygen atoms in total. The maximum Gasteiger partial charge on any atom is 0.138 e. The topological polar surface area (TPSA) is 37.9 Å². The molecule has 0 fully saturated rings. The van der Waals surface area contributed by atoms with E-state index in [2.05, 4.69) is 43.1 Å². The first kappa shape index (κ1) is 14.4. The van der Waals surface area contributed by atoms with Gasteiger partial charge in [-0.05, 0) is 25.5 Å². The van der Waals surface area contributed by atoms with Crippen molar-refractivity contribution in [1.82, 2.24) is 9.97 Å². The molecule has 0 aliphatic heterocycles. The highest BCUT2D eigenvalue weighted by Gasteiger charge is 2.15. The average Bonchev–Trinajstić information content (AvgIpc) is 2.99. The zero-order chi connectivity index (χ0) is 15.5. The largest absolute Gasteiger partial charge is 0.496 e. The lowest BCUT2D eigenvalue weighted by Crippen LogP contribution is -1.90. The van der Waals surface area contributed by atoms with Crippen LogP contribution >= 0.6 is 0 Å². The Morgan fingerprint density at radius 3 is 2.45 bits per heavy atom. The van der Waals surface area contributed by atoms with Gasteiger partial charge in [0.25, 0.3) is 0 Å². The lowest BCUT2D eigenvalue weighted by atomic mass is 10.1. The summed E-state index contributed by atoms with van der Waals surface area (Å²) < 4.78 is 5.48. The number of methoxy groups -OCH3 is 1. The number of aryl methyl sites for hydroxylation is 2. The van der Waals surface area contributed by atoms with E-state index in [1.807, 2.05) is 24.3 Å². The fraction of sp³-hybridized carbons (Fsp3) is 0.211. The molecule has 1 heterocycles. The molecular formula is C19H20N2O. The summed E-state index contributed by atoms with van der Waals surface area (Å²) in [7, 11) is 1.69. The van der Waals surface area contributed by atoms with Gasteiger partial charge >= 0.3 is 0 Å². The molecule has 0 aliphatic rings. The van der Waals surface area contributed by atoms with Crippen molar-refractivity contribution in [3.05, 3.63) is 59.8 Å². The van der Waals surface area contributed by atoms with E-state index in [1.165, 1.54) is 5.56 Å². The molecular weight excluding hydrogens is 272 g/mol. The molecule has 0 saturated heterocycles. The van der Waals surface area contributed by atoms with Crippen molar-refractivity contribution in [2.75, 3.05) is 7.11 Å².